The number of pyridine rings is 1. The van der Waals surface area contributed by atoms with Crippen LogP contribution in [-0.2, 0) is 16.1 Å². The zero-order chi connectivity index (χ0) is 24.9. The van der Waals surface area contributed by atoms with E-state index in [1.165, 1.54) is 18.7 Å². The number of ketones is 1. The molecule has 0 saturated carbocycles. The van der Waals surface area contributed by atoms with Gasteiger partial charge in [-0.05, 0) is 46.8 Å². The maximum absolute atomic E-state index is 13.7. The third-order valence-corrected chi connectivity index (χ3v) is 6.97. The lowest BCUT2D eigenvalue weighted by Gasteiger charge is -2.19. The molecule has 0 spiro atoms. The van der Waals surface area contributed by atoms with Gasteiger partial charge in [0.1, 0.15) is 5.94 Å². The second kappa shape index (κ2) is 11.1. The molecule has 0 N–H and O–H groups in total. The molecule has 0 saturated heterocycles. The third-order valence-electron chi connectivity index (χ3n) is 5.63. The van der Waals surface area contributed by atoms with E-state index in [9.17, 15) is 14.4 Å². The van der Waals surface area contributed by atoms with E-state index in [0.717, 1.165) is 31.4 Å². The van der Waals surface area contributed by atoms with Crippen LogP contribution in [-0.4, -0.2) is 22.3 Å². The number of hydrogen-bond donors (Lipinski definition) is 0. The largest absolute Gasteiger partial charge is 0.454 e. The Kier molecular flexibility index (Phi) is 7.88. The van der Waals surface area contributed by atoms with Gasteiger partial charge in [-0.25, -0.2) is 0 Å². The van der Waals surface area contributed by atoms with Crippen LogP contribution in [0.25, 0.3) is 21.9 Å². The number of aromatic nitrogens is 1. The molecule has 0 unspecified atom stereocenters. The van der Waals surface area contributed by atoms with Crippen molar-refractivity contribution in [3.63, 3.8) is 0 Å². The maximum atomic E-state index is 13.7. The van der Waals surface area contributed by atoms with Gasteiger partial charge in [-0.1, -0.05) is 77.1 Å². The van der Waals surface area contributed by atoms with Crippen molar-refractivity contribution in [1.82, 2.24) is 4.57 Å². The standard InChI is InChI=1S/C28H24BrNO4S/c1-3-25(32)27-26(20-7-5-4-6-8-20)24-15-21(29)11-14-23(24)28(33)30(27)16-19-9-12-22(13-10-19)35-17-34-18(2)31/h4-15H,3,16-17H2,1-2H3. The summed E-state index contributed by atoms with van der Waals surface area (Å²) >= 11 is 4.94. The number of carbonyl (C=O) groups is 2. The monoisotopic (exact) mass is 549 g/mol. The number of ether oxygens (including phenoxy) is 1. The van der Waals surface area contributed by atoms with Gasteiger partial charge in [0.15, 0.2) is 5.78 Å². The molecule has 178 valence electrons. The minimum Gasteiger partial charge on any atom is -0.454 e. The van der Waals surface area contributed by atoms with Crippen LogP contribution in [0.15, 0.2) is 87.0 Å². The fraction of sp³-hybridized carbons (Fsp3) is 0.179. The van der Waals surface area contributed by atoms with E-state index in [1.807, 2.05) is 73.7 Å². The number of fused-ring (bicyclic) bond motifs is 1. The van der Waals surface area contributed by atoms with Crippen LogP contribution >= 0.6 is 27.7 Å². The smallest absolute Gasteiger partial charge is 0.303 e. The Bertz CT molecular complexity index is 1450. The maximum Gasteiger partial charge on any atom is 0.303 e. The number of rotatable bonds is 8. The van der Waals surface area contributed by atoms with E-state index in [1.54, 1.807) is 10.6 Å². The highest BCUT2D eigenvalue weighted by atomic mass is 79.9. The summed E-state index contributed by atoms with van der Waals surface area (Å²) < 4.78 is 7.43. The SMILES string of the molecule is CCC(=O)c1c(-c2ccccc2)c2cc(Br)ccc2c(=O)n1Cc1ccc(SCOC(C)=O)cc1. The molecule has 1 aromatic heterocycles. The first-order valence-corrected chi connectivity index (χ1v) is 13.0. The molecule has 5 nitrogen and oxygen atoms in total. The number of hydrogen-bond acceptors (Lipinski definition) is 5. The van der Waals surface area contributed by atoms with E-state index >= 15 is 0 Å². The Hall–Kier alpha value is -3.16. The first kappa shape index (κ1) is 24.9. The average molecular weight is 550 g/mol. The molecule has 1 heterocycles. The summed E-state index contributed by atoms with van der Waals surface area (Å²) in [7, 11) is 0. The molecule has 4 rings (SSSR count). The molecular weight excluding hydrogens is 526 g/mol. The predicted molar refractivity (Wildman–Crippen MR) is 144 cm³/mol. The molecule has 35 heavy (non-hydrogen) atoms. The fourth-order valence-electron chi connectivity index (χ4n) is 3.98. The number of halogens is 1. The highest BCUT2D eigenvalue weighted by molar-refractivity contribution is 9.10. The molecule has 0 fully saturated rings. The van der Waals surface area contributed by atoms with Crippen LogP contribution in [0, 0.1) is 0 Å². The summed E-state index contributed by atoms with van der Waals surface area (Å²) in [6, 6.07) is 23.0. The van der Waals surface area contributed by atoms with Crippen LogP contribution < -0.4 is 5.56 Å². The number of thioether (sulfide) groups is 1. The van der Waals surface area contributed by atoms with Gasteiger partial charge in [0, 0.05) is 33.7 Å². The van der Waals surface area contributed by atoms with Crippen molar-refractivity contribution < 1.29 is 14.3 Å². The Morgan fingerprint density at radius 1 is 0.971 bits per heavy atom. The molecule has 0 bridgehead atoms. The molecule has 0 aliphatic rings. The Balaban J connectivity index is 1.86. The molecule has 0 aliphatic carbocycles. The zero-order valence-corrected chi connectivity index (χ0v) is 21.8. The lowest BCUT2D eigenvalue weighted by Crippen LogP contribution is -2.28. The third kappa shape index (κ3) is 5.57. The van der Waals surface area contributed by atoms with Crippen LogP contribution in [0.1, 0.15) is 36.3 Å². The van der Waals surface area contributed by atoms with Gasteiger partial charge in [-0.2, -0.15) is 0 Å². The van der Waals surface area contributed by atoms with Crippen LogP contribution in [0.2, 0.25) is 0 Å². The Morgan fingerprint density at radius 2 is 1.69 bits per heavy atom. The zero-order valence-electron chi connectivity index (χ0n) is 19.4. The number of Topliss-reactive ketones (excluding diaryl/α,β-unsaturated/α-hetero) is 1. The van der Waals surface area contributed by atoms with Crippen molar-refractivity contribution in [3.8, 4) is 11.1 Å². The van der Waals surface area contributed by atoms with E-state index in [0.29, 0.717) is 11.1 Å². The summed E-state index contributed by atoms with van der Waals surface area (Å²) in [5, 5.41) is 1.31. The lowest BCUT2D eigenvalue weighted by molar-refractivity contribution is -0.138. The van der Waals surface area contributed by atoms with Gasteiger partial charge in [-0.15, -0.1) is 0 Å². The lowest BCUT2D eigenvalue weighted by atomic mass is 9.94. The summed E-state index contributed by atoms with van der Waals surface area (Å²) in [4.78, 5) is 38.9. The average Bonchev–Trinajstić information content (AvgIpc) is 2.86. The summed E-state index contributed by atoms with van der Waals surface area (Å²) in [5.41, 5.74) is 2.77. The minimum atomic E-state index is -0.320. The van der Waals surface area contributed by atoms with Crippen molar-refractivity contribution >= 4 is 50.2 Å². The summed E-state index contributed by atoms with van der Waals surface area (Å²) in [6.45, 7) is 3.45. The first-order chi connectivity index (χ1) is 16.9. The number of esters is 1. The summed E-state index contributed by atoms with van der Waals surface area (Å²) in [6.07, 6.45) is 0.282. The molecule has 7 heteroatoms. The highest BCUT2D eigenvalue weighted by Crippen LogP contribution is 2.33. The van der Waals surface area contributed by atoms with Crippen molar-refractivity contribution in [2.24, 2.45) is 0 Å². The Morgan fingerprint density at radius 3 is 2.34 bits per heavy atom. The second-order valence-corrected chi connectivity index (χ2v) is 9.90. The number of carbonyl (C=O) groups excluding carboxylic acids is 2. The fourth-order valence-corrected chi connectivity index (χ4v) is 5.03. The van der Waals surface area contributed by atoms with Gasteiger partial charge in [-0.3, -0.25) is 19.0 Å². The van der Waals surface area contributed by atoms with E-state index in [-0.39, 0.29) is 36.2 Å². The molecule has 4 aromatic rings. The van der Waals surface area contributed by atoms with Crippen LogP contribution in [0.5, 0.6) is 0 Å². The second-order valence-electron chi connectivity index (χ2n) is 7.99. The number of nitrogens with zero attached hydrogens (tertiary/aromatic N) is 1. The van der Waals surface area contributed by atoms with Crippen LogP contribution in [0.3, 0.4) is 0 Å². The van der Waals surface area contributed by atoms with E-state index < -0.39 is 0 Å². The molecule has 0 amide bonds. The van der Waals surface area contributed by atoms with Gasteiger partial charge in [0.05, 0.1) is 12.2 Å². The predicted octanol–water partition coefficient (Wildman–Crippen LogP) is 6.68. The van der Waals surface area contributed by atoms with Crippen molar-refractivity contribution in [2.45, 2.75) is 31.7 Å². The molecule has 0 aliphatic heterocycles. The van der Waals surface area contributed by atoms with Gasteiger partial charge < -0.3 is 4.74 Å². The van der Waals surface area contributed by atoms with E-state index in [2.05, 4.69) is 15.9 Å². The summed E-state index contributed by atoms with van der Waals surface area (Å²) in [5.74, 6) is -0.167. The van der Waals surface area contributed by atoms with Crippen LogP contribution in [0.4, 0.5) is 0 Å². The normalized spacial score (nSPS) is 10.9. The van der Waals surface area contributed by atoms with E-state index in [4.69, 9.17) is 4.74 Å². The molecular formula is C28H24BrNO4S. The minimum absolute atomic E-state index is 0.0867. The van der Waals surface area contributed by atoms with Gasteiger partial charge in [0.25, 0.3) is 5.56 Å². The number of benzene rings is 3. The topological polar surface area (TPSA) is 65.4 Å². The molecule has 3 aromatic carbocycles. The first-order valence-electron chi connectivity index (χ1n) is 11.2. The van der Waals surface area contributed by atoms with Crippen molar-refractivity contribution in [1.29, 1.82) is 0 Å². The highest BCUT2D eigenvalue weighted by Gasteiger charge is 2.22. The van der Waals surface area contributed by atoms with Crippen molar-refractivity contribution in [3.05, 3.63) is 98.9 Å². The molecule has 0 radical (unpaired) electrons. The van der Waals surface area contributed by atoms with Crippen molar-refractivity contribution in [2.75, 3.05) is 5.94 Å². The van der Waals surface area contributed by atoms with Gasteiger partial charge in [0.2, 0.25) is 0 Å². The molecule has 0 atom stereocenters. The Labute approximate surface area is 216 Å². The quantitative estimate of drug-likeness (QED) is 0.106. The van der Waals surface area contributed by atoms with Gasteiger partial charge >= 0.3 is 5.97 Å².